The van der Waals surface area contributed by atoms with Gasteiger partial charge in [-0.05, 0) is 151 Å². The average molecular weight is 1410 g/mol. The number of halogens is 4. The van der Waals surface area contributed by atoms with Crippen LogP contribution in [0.3, 0.4) is 0 Å². The Labute approximate surface area is 577 Å². The van der Waals surface area contributed by atoms with Crippen molar-refractivity contribution in [2.75, 3.05) is 67.7 Å². The lowest BCUT2D eigenvalue weighted by molar-refractivity contribution is 0.0809. The molecule has 0 spiro atoms. The molecule has 0 aliphatic carbocycles. The fourth-order valence-electron chi connectivity index (χ4n) is 9.85. The molecule has 12 rings (SSSR count). The van der Waals surface area contributed by atoms with Gasteiger partial charge in [0.2, 0.25) is 0 Å². The van der Waals surface area contributed by atoms with Gasteiger partial charge < -0.3 is 42.5 Å². The van der Waals surface area contributed by atoms with Crippen LogP contribution in [-0.2, 0) is 61.6 Å². The van der Waals surface area contributed by atoms with Crippen LogP contribution in [0.1, 0.15) is 111 Å². The van der Waals surface area contributed by atoms with E-state index in [1.807, 2.05) is 49.8 Å². The van der Waals surface area contributed by atoms with Crippen molar-refractivity contribution in [1.82, 2.24) is 34.6 Å². The standard InChI is InChI=1S/C17H18ClN3O3S.C17H18ClN3OS.C9H10N2S.C9H13NS.C8H6Cl2N2O.C8H11N/c1-4-10-5-6-11(14(7-10)25(3,23)24)19-12-8-15(18)20-13-9-21(2)17(22)16(12)13;1-4-10-5-6-11(14(7-10)23-3)19-12-8-15(18)20-13-9-21(2)17(22)16(12)13;1-2-6-3-4-7-8(5-6)12-9(10)11-7;1-3-7-4-5-8(10)9(6-7)11-2;1-12-3-5-7(8(12)13)4(9)2-6(10)11-5;1-2-7-3-5-8(9)6-4-7/h5-8H,4,9H2,1-3H3,(H,19,20);5-8H,4,9H2,1-3H3,(H,19,20);3-5H,2H2,1H3,(H2,10,11);4-6H,3,10H2,1-2H3;2H,3H2,1H3;3-6H,2,9H2,1H3. The molecule has 3 aliphatic heterocycles. The summed E-state index contributed by atoms with van der Waals surface area (Å²) >= 11 is 28.7. The summed E-state index contributed by atoms with van der Waals surface area (Å²) in [6, 6.07) is 36.7. The van der Waals surface area contributed by atoms with Gasteiger partial charge in [-0.2, -0.15) is 0 Å². The zero-order valence-corrected chi connectivity index (χ0v) is 60.0. The smallest absolute Gasteiger partial charge is 0.257 e. The number of hydrogen-bond acceptors (Lipinski definition) is 17. The monoisotopic (exact) mass is 1410 g/mol. The molecule has 3 aliphatic rings. The Morgan fingerprint density at radius 2 is 0.903 bits per heavy atom. The molecule has 0 saturated heterocycles. The van der Waals surface area contributed by atoms with Crippen molar-refractivity contribution in [2.45, 2.75) is 101 Å². The average Bonchev–Trinajstić information content (AvgIpc) is 1.71. The summed E-state index contributed by atoms with van der Waals surface area (Å²) in [5.74, 6) is -0.292. The molecule has 7 heterocycles. The third-order valence-corrected chi connectivity index (χ3v) is 19.5. The van der Waals surface area contributed by atoms with Gasteiger partial charge in [-0.25, -0.2) is 28.4 Å². The molecule has 9 aromatic rings. The minimum absolute atomic E-state index is 0.0254. The van der Waals surface area contributed by atoms with E-state index in [2.05, 4.69) is 113 Å². The number of aromatic nitrogens is 4. The van der Waals surface area contributed by atoms with Gasteiger partial charge >= 0.3 is 0 Å². The van der Waals surface area contributed by atoms with Crippen LogP contribution in [0, 0.1) is 0 Å². The maximum absolute atomic E-state index is 12.4. The van der Waals surface area contributed by atoms with E-state index >= 15 is 0 Å². The van der Waals surface area contributed by atoms with Crippen LogP contribution >= 0.6 is 81.3 Å². The van der Waals surface area contributed by atoms with Crippen LogP contribution in [0.5, 0.6) is 0 Å². The fourth-order valence-corrected chi connectivity index (χ4v) is 13.7. The van der Waals surface area contributed by atoms with Crippen LogP contribution in [0.25, 0.3) is 10.2 Å². The number of nitrogens with two attached hydrogens (primary N) is 3. The second kappa shape index (κ2) is 33.2. The van der Waals surface area contributed by atoms with Crippen molar-refractivity contribution in [3.63, 3.8) is 0 Å². The van der Waals surface area contributed by atoms with Crippen LogP contribution in [0.15, 0.2) is 130 Å². The predicted octanol–water partition coefficient (Wildman–Crippen LogP) is 16.2. The molecule has 0 unspecified atom stereocenters. The molecule has 0 radical (unpaired) electrons. The number of sulfone groups is 1. The molecule has 0 atom stereocenters. The van der Waals surface area contributed by atoms with Crippen LogP contribution in [0.2, 0.25) is 20.5 Å². The first-order valence-electron chi connectivity index (χ1n) is 29.7. The van der Waals surface area contributed by atoms with Crippen molar-refractivity contribution in [3.8, 4) is 0 Å². The van der Waals surface area contributed by atoms with Crippen molar-refractivity contribution in [3.05, 3.63) is 197 Å². The number of anilines is 7. The van der Waals surface area contributed by atoms with E-state index in [1.165, 1.54) is 48.9 Å². The first-order valence-corrected chi connectivity index (χ1v) is 36.4. The quantitative estimate of drug-likeness (QED) is 0.0433. The summed E-state index contributed by atoms with van der Waals surface area (Å²) in [6.45, 7) is 11.9. The highest BCUT2D eigenvalue weighted by atomic mass is 35.5. The van der Waals surface area contributed by atoms with E-state index < -0.39 is 9.84 Å². The lowest BCUT2D eigenvalue weighted by atomic mass is 10.1. The van der Waals surface area contributed by atoms with Crippen molar-refractivity contribution < 1.29 is 22.8 Å². The summed E-state index contributed by atoms with van der Waals surface area (Å²) in [5.41, 5.74) is 31.8. The molecule has 25 heteroatoms. The molecule has 93 heavy (non-hydrogen) atoms. The molecular weight excluding hydrogens is 1330 g/mol. The van der Waals surface area contributed by atoms with E-state index in [0.717, 1.165) is 77.1 Å². The summed E-state index contributed by atoms with van der Waals surface area (Å²) in [6.07, 6.45) is 10.2. The Balaban J connectivity index is 0.000000165. The van der Waals surface area contributed by atoms with E-state index in [-0.39, 0.29) is 27.8 Å². The largest absolute Gasteiger partial charge is 0.399 e. The highest BCUT2D eigenvalue weighted by Crippen LogP contribution is 2.37. The summed E-state index contributed by atoms with van der Waals surface area (Å²) in [7, 11) is 1.71. The zero-order chi connectivity index (χ0) is 68.0. The number of aryl methyl sites for hydroxylation is 5. The van der Waals surface area contributed by atoms with Crippen LogP contribution in [-0.4, -0.2) is 101 Å². The summed E-state index contributed by atoms with van der Waals surface area (Å²) in [5, 5.41) is 8.44. The van der Waals surface area contributed by atoms with Gasteiger partial charge in [0.15, 0.2) is 15.0 Å². The predicted molar refractivity (Wildman–Crippen MR) is 389 cm³/mol. The minimum atomic E-state index is -3.44. The normalized spacial score (nSPS) is 12.6. The molecule has 4 aromatic heterocycles. The number of carbonyl (C=O) groups is 3. The molecule has 0 bridgehead atoms. The second-order valence-corrected chi connectivity index (χ2v) is 28.0. The fraction of sp³-hybridized carbons (Fsp3) is 0.279. The molecule has 5 aromatic carbocycles. The van der Waals surface area contributed by atoms with Gasteiger partial charge in [0.05, 0.1) is 96.3 Å². The highest BCUT2D eigenvalue weighted by molar-refractivity contribution is 7.99. The van der Waals surface area contributed by atoms with Gasteiger partial charge in [0.1, 0.15) is 15.5 Å². The van der Waals surface area contributed by atoms with E-state index in [4.69, 9.17) is 63.6 Å². The molecule has 0 fully saturated rings. The van der Waals surface area contributed by atoms with Crippen molar-refractivity contribution in [2.24, 2.45) is 0 Å². The van der Waals surface area contributed by atoms with E-state index in [1.54, 1.807) is 84.0 Å². The zero-order valence-electron chi connectivity index (χ0n) is 53.7. The molecule has 490 valence electrons. The highest BCUT2D eigenvalue weighted by Gasteiger charge is 2.32. The maximum atomic E-state index is 12.4. The lowest BCUT2D eigenvalue weighted by Crippen LogP contribution is -2.18. The Morgan fingerprint density at radius 3 is 1.40 bits per heavy atom. The van der Waals surface area contributed by atoms with Crippen molar-refractivity contribution >= 4 is 158 Å². The number of benzene rings is 5. The van der Waals surface area contributed by atoms with Crippen LogP contribution < -0.4 is 27.8 Å². The van der Waals surface area contributed by atoms with Gasteiger partial charge in [-0.1, -0.05) is 129 Å². The number of fused-ring (bicyclic) bond motifs is 4. The molecular formula is C68H76Cl4N12O5S4. The summed E-state index contributed by atoms with van der Waals surface area (Å²) in [4.78, 5) is 60.2. The number of thioether (sulfide) groups is 2. The Hall–Kier alpha value is -7.34. The minimum Gasteiger partial charge on any atom is -0.399 e. The number of rotatable bonds is 12. The van der Waals surface area contributed by atoms with Gasteiger partial charge in [-0.15, -0.1) is 23.5 Å². The third-order valence-electron chi connectivity index (χ3n) is 15.0. The van der Waals surface area contributed by atoms with E-state index in [0.29, 0.717) is 85.2 Å². The van der Waals surface area contributed by atoms with Gasteiger partial charge in [0.25, 0.3) is 17.7 Å². The Bertz CT molecular complexity index is 4310. The molecule has 0 saturated carbocycles. The number of nitrogens with one attached hydrogen (secondary N) is 2. The number of nitrogen functional groups attached to an aromatic ring is 3. The second-order valence-electron chi connectivity index (χ2n) is 21.7. The third kappa shape index (κ3) is 19.0. The van der Waals surface area contributed by atoms with Crippen molar-refractivity contribution in [1.29, 1.82) is 0 Å². The number of carbonyl (C=O) groups excluding carboxylic acids is 3. The topological polar surface area (TPSA) is 249 Å². The number of pyridine rings is 3. The lowest BCUT2D eigenvalue weighted by Gasteiger charge is -2.15. The number of thiazole rings is 1. The first-order chi connectivity index (χ1) is 44.2. The maximum Gasteiger partial charge on any atom is 0.257 e. The summed E-state index contributed by atoms with van der Waals surface area (Å²) < 4.78 is 25.5. The number of hydrogen-bond donors (Lipinski definition) is 5. The van der Waals surface area contributed by atoms with Gasteiger partial charge in [-0.3, -0.25) is 14.4 Å². The molecule has 3 amide bonds. The number of amides is 3. The van der Waals surface area contributed by atoms with Crippen LogP contribution in [0.4, 0.5) is 39.3 Å². The number of nitrogens with zero attached hydrogens (tertiary/aromatic N) is 7. The SMILES string of the molecule is CCc1ccc(N)c(SC)c1.CCc1ccc(N)cc1.CCc1ccc(Nc2cc(Cl)nc3c2C(=O)N(C)C3)c(S(C)(=O)=O)c1.CCc1ccc(Nc2cc(Cl)nc3c2C(=O)N(C)C3)c(SC)c1.CCc1ccc2nc(N)sc2c1.CN1Cc2nc(Cl)cc(Cl)c2C1=O. The molecule has 8 N–H and O–H groups in total. The van der Waals surface area contributed by atoms with Gasteiger partial charge in [0, 0.05) is 48.6 Å². The van der Waals surface area contributed by atoms with E-state index in [9.17, 15) is 22.8 Å². The molecule has 17 nitrogen and oxygen atoms in total. The Morgan fingerprint density at radius 1 is 0.495 bits per heavy atom. The first kappa shape index (κ1) is 73.1. The Kier molecular flexibility index (Phi) is 26.1.